The third kappa shape index (κ3) is 2.24. The molecule has 4 atom stereocenters. The zero-order valence-electron chi connectivity index (χ0n) is 12.3. The van der Waals surface area contributed by atoms with Gasteiger partial charge in [0.25, 0.3) is 0 Å². The van der Waals surface area contributed by atoms with Crippen molar-refractivity contribution in [3.05, 3.63) is 16.1 Å². The summed E-state index contributed by atoms with van der Waals surface area (Å²) in [6, 6.07) is 0.892. The minimum Gasteiger partial charge on any atom is -0.377 e. The summed E-state index contributed by atoms with van der Waals surface area (Å²) in [6.45, 7) is 9.89. The van der Waals surface area contributed by atoms with E-state index in [1.807, 2.05) is 0 Å². The molecular weight excluding hydrogens is 256 g/mol. The van der Waals surface area contributed by atoms with Crippen molar-refractivity contribution < 1.29 is 4.74 Å². The minimum absolute atomic E-state index is 0.242. The third-order valence-electron chi connectivity index (χ3n) is 4.77. The summed E-state index contributed by atoms with van der Waals surface area (Å²) in [5.74, 6) is 0.687. The number of hydrogen-bond acceptors (Lipinski definition) is 4. The van der Waals surface area contributed by atoms with Crippen molar-refractivity contribution in [1.82, 2.24) is 10.3 Å². The van der Waals surface area contributed by atoms with E-state index in [0.717, 1.165) is 12.3 Å². The molecule has 2 heterocycles. The molecule has 2 aliphatic rings. The van der Waals surface area contributed by atoms with Gasteiger partial charge in [0, 0.05) is 35.1 Å². The lowest BCUT2D eigenvalue weighted by Crippen LogP contribution is -2.69. The standard InChI is InChI=1S/C15H24N2OS/c1-9-8-19-14(16-9)10(2)17-12-11-6-5-7-18-13(11)15(12,3)4/h8,10-13,17H,5-7H2,1-4H3. The predicted octanol–water partition coefficient (Wildman–Crippen LogP) is 3.31. The number of fused-ring (bicyclic) bond motifs is 1. The van der Waals surface area contributed by atoms with Gasteiger partial charge in [0.15, 0.2) is 0 Å². The highest BCUT2D eigenvalue weighted by atomic mass is 32.1. The molecule has 3 rings (SSSR count). The number of nitrogens with one attached hydrogen (secondary N) is 1. The number of hydrogen-bond donors (Lipinski definition) is 1. The number of aromatic nitrogens is 1. The molecule has 1 aromatic heterocycles. The quantitative estimate of drug-likeness (QED) is 0.922. The smallest absolute Gasteiger partial charge is 0.110 e. The van der Waals surface area contributed by atoms with Crippen molar-refractivity contribution in [3.63, 3.8) is 0 Å². The first-order chi connectivity index (χ1) is 9.00. The Balaban J connectivity index is 1.69. The van der Waals surface area contributed by atoms with Gasteiger partial charge in [-0.05, 0) is 26.7 Å². The number of rotatable bonds is 3. The van der Waals surface area contributed by atoms with E-state index in [9.17, 15) is 0 Å². The van der Waals surface area contributed by atoms with Crippen molar-refractivity contribution in [2.45, 2.75) is 58.7 Å². The highest BCUT2D eigenvalue weighted by Gasteiger charge is 2.57. The Morgan fingerprint density at radius 1 is 1.53 bits per heavy atom. The lowest BCUT2D eigenvalue weighted by Gasteiger charge is -2.60. The van der Waals surface area contributed by atoms with Gasteiger partial charge in [-0.1, -0.05) is 13.8 Å². The summed E-state index contributed by atoms with van der Waals surface area (Å²) in [5, 5.41) is 7.14. The third-order valence-corrected chi connectivity index (χ3v) is 5.91. The monoisotopic (exact) mass is 280 g/mol. The van der Waals surface area contributed by atoms with Crippen LogP contribution in [0.2, 0.25) is 0 Å². The molecule has 1 aromatic rings. The van der Waals surface area contributed by atoms with E-state index in [4.69, 9.17) is 4.74 Å². The van der Waals surface area contributed by atoms with Crippen LogP contribution in [0.15, 0.2) is 5.38 Å². The maximum absolute atomic E-state index is 5.96. The zero-order chi connectivity index (χ0) is 13.6. The van der Waals surface area contributed by atoms with Crippen LogP contribution in [0.25, 0.3) is 0 Å². The second kappa shape index (κ2) is 4.83. The molecule has 4 heteroatoms. The second-order valence-electron chi connectivity index (χ2n) is 6.61. The van der Waals surface area contributed by atoms with E-state index in [-0.39, 0.29) is 5.41 Å². The lowest BCUT2D eigenvalue weighted by atomic mass is 9.55. The summed E-state index contributed by atoms with van der Waals surface area (Å²) in [6.07, 6.45) is 2.96. The van der Waals surface area contributed by atoms with Crippen LogP contribution >= 0.6 is 11.3 Å². The Morgan fingerprint density at radius 2 is 2.32 bits per heavy atom. The van der Waals surface area contributed by atoms with Crippen LogP contribution in [0.3, 0.4) is 0 Å². The zero-order valence-corrected chi connectivity index (χ0v) is 13.1. The van der Waals surface area contributed by atoms with Gasteiger partial charge in [0.2, 0.25) is 0 Å². The maximum Gasteiger partial charge on any atom is 0.110 e. The molecule has 0 amide bonds. The molecule has 0 aromatic carbocycles. The van der Waals surface area contributed by atoms with Crippen LogP contribution in [0, 0.1) is 18.3 Å². The second-order valence-corrected chi connectivity index (χ2v) is 7.50. The first-order valence-electron chi connectivity index (χ1n) is 7.30. The van der Waals surface area contributed by atoms with E-state index in [1.54, 1.807) is 11.3 Å². The summed E-state index contributed by atoms with van der Waals surface area (Å²) in [4.78, 5) is 4.60. The molecule has 0 radical (unpaired) electrons. The van der Waals surface area contributed by atoms with Gasteiger partial charge in [-0.2, -0.15) is 0 Å². The van der Waals surface area contributed by atoms with Crippen LogP contribution < -0.4 is 5.32 Å². The molecule has 3 nitrogen and oxygen atoms in total. The molecule has 0 spiro atoms. The van der Waals surface area contributed by atoms with E-state index in [0.29, 0.717) is 24.1 Å². The molecule has 1 N–H and O–H groups in total. The Labute approximate surface area is 119 Å². The Hall–Kier alpha value is -0.450. The van der Waals surface area contributed by atoms with Crippen LogP contribution in [0.4, 0.5) is 0 Å². The first kappa shape index (κ1) is 13.5. The maximum atomic E-state index is 5.96. The topological polar surface area (TPSA) is 34.1 Å². The summed E-state index contributed by atoms with van der Waals surface area (Å²) in [5.41, 5.74) is 1.37. The molecular formula is C15H24N2OS. The van der Waals surface area contributed by atoms with E-state index >= 15 is 0 Å². The highest BCUT2D eigenvalue weighted by Crippen LogP contribution is 2.51. The number of aryl methyl sites for hydroxylation is 1. The Kier molecular flexibility index (Phi) is 3.44. The molecule has 1 saturated carbocycles. The summed E-state index contributed by atoms with van der Waals surface area (Å²) < 4.78 is 5.96. The fourth-order valence-corrected chi connectivity index (χ4v) is 4.59. The molecule has 1 saturated heterocycles. The van der Waals surface area contributed by atoms with Crippen LogP contribution in [0.5, 0.6) is 0 Å². The molecule has 4 unspecified atom stereocenters. The molecule has 1 aliphatic heterocycles. The van der Waals surface area contributed by atoms with Gasteiger partial charge in [-0.25, -0.2) is 4.98 Å². The van der Waals surface area contributed by atoms with Crippen LogP contribution in [-0.4, -0.2) is 23.7 Å². The first-order valence-corrected chi connectivity index (χ1v) is 8.18. The van der Waals surface area contributed by atoms with Crippen molar-refractivity contribution in [2.24, 2.45) is 11.3 Å². The van der Waals surface area contributed by atoms with Crippen LogP contribution in [0.1, 0.15) is 50.4 Å². The molecule has 1 aliphatic carbocycles. The highest BCUT2D eigenvalue weighted by molar-refractivity contribution is 7.09. The number of ether oxygens (including phenoxy) is 1. The van der Waals surface area contributed by atoms with Gasteiger partial charge in [-0.15, -0.1) is 11.3 Å². The normalized spacial score (nSPS) is 34.4. The van der Waals surface area contributed by atoms with Gasteiger partial charge in [0.05, 0.1) is 12.1 Å². The summed E-state index contributed by atoms with van der Waals surface area (Å²) >= 11 is 1.76. The molecule has 106 valence electrons. The van der Waals surface area contributed by atoms with Crippen LogP contribution in [-0.2, 0) is 4.74 Å². The van der Waals surface area contributed by atoms with E-state index < -0.39 is 0 Å². The van der Waals surface area contributed by atoms with E-state index in [2.05, 4.69) is 43.4 Å². The van der Waals surface area contributed by atoms with Crippen molar-refractivity contribution >= 4 is 11.3 Å². The molecule has 2 fully saturated rings. The number of thiazole rings is 1. The average Bonchev–Trinajstić information content (AvgIpc) is 2.82. The van der Waals surface area contributed by atoms with Gasteiger partial charge in [-0.3, -0.25) is 0 Å². The summed E-state index contributed by atoms with van der Waals surface area (Å²) in [7, 11) is 0. The molecule has 19 heavy (non-hydrogen) atoms. The average molecular weight is 280 g/mol. The fraction of sp³-hybridized carbons (Fsp3) is 0.800. The molecule has 0 bridgehead atoms. The number of nitrogens with zero attached hydrogens (tertiary/aromatic N) is 1. The van der Waals surface area contributed by atoms with Crippen molar-refractivity contribution in [1.29, 1.82) is 0 Å². The van der Waals surface area contributed by atoms with E-state index in [1.165, 1.54) is 17.8 Å². The van der Waals surface area contributed by atoms with Gasteiger partial charge in [0.1, 0.15) is 5.01 Å². The van der Waals surface area contributed by atoms with Crippen molar-refractivity contribution in [3.8, 4) is 0 Å². The van der Waals surface area contributed by atoms with Crippen molar-refractivity contribution in [2.75, 3.05) is 6.61 Å². The van der Waals surface area contributed by atoms with Gasteiger partial charge < -0.3 is 10.1 Å². The van der Waals surface area contributed by atoms with Gasteiger partial charge >= 0.3 is 0 Å². The Morgan fingerprint density at radius 3 is 3.00 bits per heavy atom. The SMILES string of the molecule is Cc1csc(C(C)NC2C3CCCOC3C2(C)C)n1. The minimum atomic E-state index is 0.242. The predicted molar refractivity (Wildman–Crippen MR) is 78.4 cm³/mol. The lowest BCUT2D eigenvalue weighted by molar-refractivity contribution is -0.194. The fourth-order valence-electron chi connectivity index (χ4n) is 3.77. The Bertz CT molecular complexity index is 457. The largest absolute Gasteiger partial charge is 0.377 e.